The number of fused-ring (bicyclic) bond motifs is 1. The summed E-state index contributed by atoms with van der Waals surface area (Å²) in [5.41, 5.74) is 10.8. The van der Waals surface area contributed by atoms with Crippen LogP contribution in [0.15, 0.2) is 36.9 Å². The zero-order valence-electron chi connectivity index (χ0n) is 17.4. The van der Waals surface area contributed by atoms with Crippen molar-refractivity contribution in [1.82, 2.24) is 19.6 Å². The highest BCUT2D eigenvalue weighted by Crippen LogP contribution is 2.37. The van der Waals surface area contributed by atoms with E-state index in [1.165, 1.54) is 5.56 Å². The Morgan fingerprint density at radius 1 is 1.24 bits per heavy atom. The quantitative estimate of drug-likeness (QED) is 0.667. The number of nitrogens with two attached hydrogens (primary N) is 1. The molecule has 6 nitrogen and oxygen atoms in total. The van der Waals surface area contributed by atoms with Crippen molar-refractivity contribution in [2.75, 3.05) is 0 Å². The van der Waals surface area contributed by atoms with Crippen LogP contribution in [0.1, 0.15) is 79.0 Å². The summed E-state index contributed by atoms with van der Waals surface area (Å²) < 4.78 is 1.73. The molecule has 3 heterocycles. The zero-order valence-corrected chi connectivity index (χ0v) is 17.4. The third kappa shape index (κ3) is 4.08. The van der Waals surface area contributed by atoms with Crippen LogP contribution < -0.4 is 5.73 Å². The number of hydrogen-bond donors (Lipinski definition) is 1. The number of carbonyl (C=O) groups excluding carboxylic acids is 1. The average Bonchev–Trinajstić information content (AvgIpc) is 3.11. The Morgan fingerprint density at radius 2 is 2.07 bits per heavy atom. The highest BCUT2D eigenvalue weighted by molar-refractivity contribution is 5.96. The Balaban J connectivity index is 1.61. The van der Waals surface area contributed by atoms with Crippen LogP contribution >= 0.6 is 0 Å². The van der Waals surface area contributed by atoms with E-state index in [2.05, 4.69) is 41.9 Å². The van der Waals surface area contributed by atoms with Gasteiger partial charge in [0.15, 0.2) is 11.4 Å². The number of nitrogens with zero attached hydrogens (tertiary/aromatic N) is 4. The molecule has 0 aliphatic heterocycles. The lowest BCUT2D eigenvalue weighted by molar-refractivity contribution is 0.0987. The lowest BCUT2D eigenvalue weighted by atomic mass is 9.75. The first-order valence-electron chi connectivity index (χ1n) is 10.5. The molecule has 0 spiro atoms. The first-order valence-corrected chi connectivity index (χ1v) is 10.5. The Labute approximate surface area is 171 Å². The lowest BCUT2D eigenvalue weighted by Crippen LogP contribution is -2.31. The van der Waals surface area contributed by atoms with Crippen molar-refractivity contribution in [2.24, 2.45) is 11.7 Å². The fourth-order valence-corrected chi connectivity index (χ4v) is 4.61. The molecule has 3 atom stereocenters. The molecule has 1 aliphatic carbocycles. The minimum Gasteiger partial charge on any atom is -0.328 e. The molecule has 0 aromatic carbocycles. The number of ketones is 1. The van der Waals surface area contributed by atoms with E-state index < -0.39 is 0 Å². The summed E-state index contributed by atoms with van der Waals surface area (Å²) in [5.74, 6) is 1.29. The Kier molecular flexibility index (Phi) is 5.46. The van der Waals surface area contributed by atoms with Crippen LogP contribution in [0.5, 0.6) is 0 Å². The second-order valence-corrected chi connectivity index (χ2v) is 8.78. The SMILES string of the molecule is CC(C)c1cnn2ccc(C(=O)Cc3cnccc3[C@@H]3C[C@H](C)C[C@H](N)C3)nc12. The van der Waals surface area contributed by atoms with Gasteiger partial charge in [-0.1, -0.05) is 20.8 Å². The van der Waals surface area contributed by atoms with Gasteiger partial charge in [0.1, 0.15) is 5.69 Å². The van der Waals surface area contributed by atoms with Crippen molar-refractivity contribution in [2.45, 2.75) is 64.3 Å². The van der Waals surface area contributed by atoms with Crippen LogP contribution in [0, 0.1) is 5.92 Å². The zero-order chi connectivity index (χ0) is 20.5. The van der Waals surface area contributed by atoms with Crippen LogP contribution in [0.2, 0.25) is 0 Å². The van der Waals surface area contributed by atoms with E-state index in [0.29, 0.717) is 29.9 Å². The van der Waals surface area contributed by atoms with Crippen molar-refractivity contribution in [3.8, 4) is 0 Å². The van der Waals surface area contributed by atoms with Crippen molar-refractivity contribution in [3.63, 3.8) is 0 Å². The maximum absolute atomic E-state index is 13.1. The van der Waals surface area contributed by atoms with Crippen molar-refractivity contribution < 1.29 is 4.79 Å². The molecule has 3 aromatic heterocycles. The monoisotopic (exact) mass is 391 g/mol. The van der Waals surface area contributed by atoms with Gasteiger partial charge in [0.25, 0.3) is 0 Å². The number of hydrogen-bond acceptors (Lipinski definition) is 5. The van der Waals surface area contributed by atoms with E-state index in [-0.39, 0.29) is 11.8 Å². The molecule has 29 heavy (non-hydrogen) atoms. The third-order valence-corrected chi connectivity index (χ3v) is 6.02. The molecule has 0 unspecified atom stereocenters. The van der Waals surface area contributed by atoms with E-state index in [1.54, 1.807) is 10.6 Å². The van der Waals surface area contributed by atoms with Crippen LogP contribution in [0.4, 0.5) is 0 Å². The molecule has 1 saturated carbocycles. The molecule has 6 heteroatoms. The molecule has 152 valence electrons. The van der Waals surface area contributed by atoms with Gasteiger partial charge in [0.2, 0.25) is 0 Å². The predicted molar refractivity (Wildman–Crippen MR) is 113 cm³/mol. The van der Waals surface area contributed by atoms with Crippen molar-refractivity contribution in [1.29, 1.82) is 0 Å². The van der Waals surface area contributed by atoms with Gasteiger partial charge in [-0.05, 0) is 60.3 Å². The highest BCUT2D eigenvalue weighted by atomic mass is 16.1. The molecule has 4 rings (SSSR count). The number of rotatable bonds is 5. The summed E-state index contributed by atoms with van der Waals surface area (Å²) in [6.07, 6.45) is 10.7. The van der Waals surface area contributed by atoms with Gasteiger partial charge in [-0.25, -0.2) is 9.50 Å². The molecule has 1 fully saturated rings. The number of aromatic nitrogens is 4. The molecular formula is C23H29N5O. The van der Waals surface area contributed by atoms with Crippen LogP contribution in [-0.2, 0) is 6.42 Å². The summed E-state index contributed by atoms with van der Waals surface area (Å²) in [6.45, 7) is 6.46. The number of Topliss-reactive ketones (excluding diaryl/α,β-unsaturated/α-hetero) is 1. The average molecular weight is 392 g/mol. The predicted octanol–water partition coefficient (Wildman–Crippen LogP) is 3.90. The molecule has 0 saturated heterocycles. The van der Waals surface area contributed by atoms with Gasteiger partial charge in [0, 0.05) is 36.6 Å². The van der Waals surface area contributed by atoms with Gasteiger partial charge in [-0.3, -0.25) is 9.78 Å². The first kappa shape index (κ1) is 19.7. The second kappa shape index (κ2) is 8.03. The van der Waals surface area contributed by atoms with Crippen LogP contribution in [-0.4, -0.2) is 31.4 Å². The van der Waals surface area contributed by atoms with Crippen molar-refractivity contribution >= 4 is 11.4 Å². The summed E-state index contributed by atoms with van der Waals surface area (Å²) in [4.78, 5) is 22.0. The summed E-state index contributed by atoms with van der Waals surface area (Å²) in [5, 5.41) is 4.33. The van der Waals surface area contributed by atoms with E-state index in [9.17, 15) is 4.79 Å². The number of carbonyl (C=O) groups is 1. The molecule has 3 aromatic rings. The molecular weight excluding hydrogens is 362 g/mol. The minimum absolute atomic E-state index is 0.00538. The second-order valence-electron chi connectivity index (χ2n) is 8.78. The maximum atomic E-state index is 13.1. The lowest BCUT2D eigenvalue weighted by Gasteiger charge is -2.32. The third-order valence-electron chi connectivity index (χ3n) is 6.02. The van der Waals surface area contributed by atoms with Crippen molar-refractivity contribution in [3.05, 3.63) is 59.3 Å². The van der Waals surface area contributed by atoms with Crippen LogP contribution in [0.25, 0.3) is 5.65 Å². The number of pyridine rings is 1. The van der Waals surface area contributed by atoms with Gasteiger partial charge in [-0.2, -0.15) is 5.10 Å². The van der Waals surface area contributed by atoms with Gasteiger partial charge >= 0.3 is 0 Å². The maximum Gasteiger partial charge on any atom is 0.185 e. The normalized spacial score (nSPS) is 22.3. The molecule has 0 amide bonds. The smallest absolute Gasteiger partial charge is 0.185 e. The largest absolute Gasteiger partial charge is 0.328 e. The summed E-state index contributed by atoms with van der Waals surface area (Å²) in [6, 6.07) is 4.03. The molecule has 2 N–H and O–H groups in total. The minimum atomic E-state index is 0.00538. The summed E-state index contributed by atoms with van der Waals surface area (Å²) >= 11 is 0. The van der Waals surface area contributed by atoms with E-state index in [4.69, 9.17) is 5.73 Å². The topological polar surface area (TPSA) is 86.2 Å². The highest BCUT2D eigenvalue weighted by Gasteiger charge is 2.27. The first-order chi connectivity index (χ1) is 13.9. The van der Waals surface area contributed by atoms with E-state index in [0.717, 1.165) is 36.0 Å². The Morgan fingerprint density at radius 3 is 2.83 bits per heavy atom. The molecule has 1 aliphatic rings. The van der Waals surface area contributed by atoms with Gasteiger partial charge in [-0.15, -0.1) is 0 Å². The Bertz CT molecular complexity index is 1020. The van der Waals surface area contributed by atoms with E-state index >= 15 is 0 Å². The fourth-order valence-electron chi connectivity index (χ4n) is 4.61. The van der Waals surface area contributed by atoms with Gasteiger partial charge < -0.3 is 5.73 Å². The van der Waals surface area contributed by atoms with E-state index in [1.807, 2.05) is 24.8 Å². The van der Waals surface area contributed by atoms with Crippen LogP contribution in [0.3, 0.4) is 0 Å². The van der Waals surface area contributed by atoms with Gasteiger partial charge in [0.05, 0.1) is 6.20 Å². The molecule has 0 radical (unpaired) electrons. The Hall–Kier alpha value is -2.60. The standard InChI is InChI=1S/C23H29N5O/c1-14(2)20-13-26-28-7-5-21(27-23(20)28)22(29)11-17-12-25-6-4-19(17)16-8-15(3)9-18(24)10-16/h4-7,12-16,18H,8-11,24H2,1-3H3/t15-,16+,18-/m0/s1. The molecule has 0 bridgehead atoms. The summed E-state index contributed by atoms with van der Waals surface area (Å²) in [7, 11) is 0. The fraction of sp³-hybridized carbons (Fsp3) is 0.478.